The van der Waals surface area contributed by atoms with Crippen molar-refractivity contribution in [2.75, 3.05) is 14.2 Å². The lowest BCUT2D eigenvalue weighted by atomic mass is 9.62. The highest BCUT2D eigenvalue weighted by Crippen LogP contribution is 2.55. The highest BCUT2D eigenvalue weighted by Gasteiger charge is 2.63. The third-order valence-corrected chi connectivity index (χ3v) is 17.2. The Balaban J connectivity index is 0.000000241. The van der Waals surface area contributed by atoms with E-state index in [4.69, 9.17) is 55.9 Å². The first-order chi connectivity index (χ1) is 39.6. The molecule has 0 spiro atoms. The van der Waals surface area contributed by atoms with E-state index < -0.39 is 117 Å². The van der Waals surface area contributed by atoms with E-state index in [1.165, 1.54) is 97.6 Å². The molecular weight excluding hydrogens is 1210 g/mol. The molecule has 4 heterocycles. The highest BCUT2D eigenvalue weighted by molar-refractivity contribution is 7.07. The molecule has 2 aliphatic rings. The van der Waals surface area contributed by atoms with Gasteiger partial charge in [0.05, 0.1) is 70.9 Å². The predicted octanol–water partition coefficient (Wildman–Crippen LogP) is 11.9. The van der Waals surface area contributed by atoms with Gasteiger partial charge in [-0.25, -0.2) is 37.1 Å². The van der Waals surface area contributed by atoms with Gasteiger partial charge in [0.2, 0.25) is 11.8 Å². The normalized spacial score (nSPS) is 22.8. The van der Waals surface area contributed by atoms with Crippen LogP contribution in [0.15, 0.2) is 94.6 Å². The largest absolute Gasteiger partial charge is 0.467 e. The first-order valence-corrected chi connectivity index (χ1v) is 29.7. The van der Waals surface area contributed by atoms with E-state index in [0.29, 0.717) is 24.2 Å². The summed E-state index contributed by atoms with van der Waals surface area (Å²) in [4.78, 5) is 62.0. The zero-order valence-electron chi connectivity index (χ0n) is 46.8. The van der Waals surface area contributed by atoms with Gasteiger partial charge < -0.3 is 30.7 Å². The molecule has 0 radical (unpaired) electrons. The van der Waals surface area contributed by atoms with Crippen molar-refractivity contribution < 1.29 is 46.2 Å². The topological polar surface area (TPSA) is 208 Å². The average molecular weight is 1270 g/mol. The number of nitriles is 2. The molecule has 24 heteroatoms. The van der Waals surface area contributed by atoms with Gasteiger partial charge in [0.25, 0.3) is 0 Å². The van der Waals surface area contributed by atoms with E-state index in [2.05, 4.69) is 43.4 Å². The summed E-state index contributed by atoms with van der Waals surface area (Å²) in [5, 5.41) is 37.1. The molecular formula is C60H60Cl4F4N8O6S2. The number of thiazole rings is 2. The molecule has 0 saturated carbocycles. The number of carbonyl (C=O) groups excluding carboxylic acids is 4. The van der Waals surface area contributed by atoms with Crippen LogP contribution in [0.1, 0.15) is 99.9 Å². The summed E-state index contributed by atoms with van der Waals surface area (Å²) < 4.78 is 73.0. The summed E-state index contributed by atoms with van der Waals surface area (Å²) in [5.74, 6) is -8.54. The molecule has 4 aromatic carbocycles. The molecule has 6 aromatic rings. The Morgan fingerprint density at radius 2 is 1.00 bits per heavy atom. The molecule has 2 saturated heterocycles. The van der Waals surface area contributed by atoms with Gasteiger partial charge in [-0.2, -0.15) is 10.5 Å². The van der Waals surface area contributed by atoms with Crippen molar-refractivity contribution >= 4 is 92.8 Å². The van der Waals surface area contributed by atoms with Gasteiger partial charge in [0.15, 0.2) is 0 Å². The van der Waals surface area contributed by atoms with E-state index in [9.17, 15) is 29.7 Å². The minimum absolute atomic E-state index is 0.0391. The van der Waals surface area contributed by atoms with Crippen molar-refractivity contribution in [3.8, 4) is 12.1 Å². The number of carbonyl (C=O) groups is 4. The van der Waals surface area contributed by atoms with Crippen LogP contribution in [0.5, 0.6) is 0 Å². The molecule has 8 rings (SSSR count). The molecule has 0 aliphatic carbocycles. The summed E-state index contributed by atoms with van der Waals surface area (Å²) >= 11 is 27.2. The molecule has 14 nitrogen and oxygen atoms in total. The SMILES string of the molecule is COC(=O)[C@H](Cc1cscn1)NC(=O)[C@@H]1N[C@@H](CC(C)(C)C)[C@](C#N)(c2ccc(Cl)cc2F)[C@H]1c1cccc(Cl)c1F.COC(=O)[C@H](Cc1cscn1)NC(=O)[C@H]1N[C@H](CC(C)(C)C)[C@@](C#N)(c2ccc(Cl)cc2F)[C@@H]1c1cccc(Cl)c1F. The number of hydrogen-bond acceptors (Lipinski definition) is 14. The van der Waals surface area contributed by atoms with Gasteiger partial charge in [-0.3, -0.25) is 9.59 Å². The number of nitrogens with zero attached hydrogens (tertiary/aromatic N) is 4. The van der Waals surface area contributed by atoms with E-state index in [0.717, 1.165) is 12.1 Å². The Kier molecular flexibility index (Phi) is 21.0. The van der Waals surface area contributed by atoms with Crippen LogP contribution in [-0.2, 0) is 52.3 Å². The molecule has 4 N–H and O–H groups in total. The summed E-state index contributed by atoms with van der Waals surface area (Å²) in [6.45, 7) is 11.7. The number of esters is 2. The van der Waals surface area contributed by atoms with Crippen LogP contribution in [-0.4, -0.2) is 84.2 Å². The second-order valence-corrected chi connectivity index (χ2v) is 26.0. The van der Waals surface area contributed by atoms with Crippen LogP contribution in [0.3, 0.4) is 0 Å². The van der Waals surface area contributed by atoms with Gasteiger partial charge in [0, 0.05) is 68.7 Å². The lowest BCUT2D eigenvalue weighted by Gasteiger charge is -2.37. The summed E-state index contributed by atoms with van der Waals surface area (Å²) in [7, 11) is 2.40. The van der Waals surface area contributed by atoms with Crippen molar-refractivity contribution in [1.82, 2.24) is 31.2 Å². The maximum Gasteiger partial charge on any atom is 0.328 e. The number of methoxy groups -OCH3 is 2. The van der Waals surface area contributed by atoms with Crippen LogP contribution < -0.4 is 21.3 Å². The molecule has 2 aromatic heterocycles. The third-order valence-electron chi connectivity index (χ3n) is 14.9. The second kappa shape index (κ2) is 27.0. The summed E-state index contributed by atoms with van der Waals surface area (Å²) in [5.41, 5.74) is -0.215. The first-order valence-electron chi connectivity index (χ1n) is 26.3. The van der Waals surface area contributed by atoms with Gasteiger partial charge in [-0.05, 0) is 71.2 Å². The van der Waals surface area contributed by atoms with Crippen LogP contribution in [0.4, 0.5) is 17.6 Å². The Morgan fingerprint density at radius 3 is 1.30 bits per heavy atom. The summed E-state index contributed by atoms with van der Waals surface area (Å²) in [6.07, 6.45) is 0.714. The van der Waals surface area contributed by atoms with Crippen molar-refractivity contribution in [3.63, 3.8) is 0 Å². The molecule has 0 bridgehead atoms. The quantitative estimate of drug-likeness (QED) is 0.0527. The maximum absolute atomic E-state index is 15.8. The molecule has 10 atom stereocenters. The number of aromatic nitrogens is 2. The number of benzene rings is 4. The number of nitrogens with one attached hydrogen (secondary N) is 4. The van der Waals surface area contributed by atoms with E-state index in [1.54, 1.807) is 21.8 Å². The fourth-order valence-electron chi connectivity index (χ4n) is 11.4. The number of rotatable bonds is 16. The number of ether oxygens (including phenoxy) is 2. The van der Waals surface area contributed by atoms with Crippen molar-refractivity contribution in [2.24, 2.45) is 10.8 Å². The molecule has 0 unspecified atom stereocenters. The average Bonchev–Trinajstić information content (AvgIpc) is 1.59. The first kappa shape index (κ1) is 65.3. The smallest absolute Gasteiger partial charge is 0.328 e. The number of hydrogen-bond donors (Lipinski definition) is 4. The van der Waals surface area contributed by atoms with Gasteiger partial charge in [0.1, 0.15) is 46.2 Å². The zero-order chi connectivity index (χ0) is 61.6. The lowest BCUT2D eigenvalue weighted by molar-refractivity contribution is -0.145. The van der Waals surface area contributed by atoms with Crippen LogP contribution in [0, 0.1) is 56.8 Å². The number of halogens is 8. The van der Waals surface area contributed by atoms with Gasteiger partial charge >= 0.3 is 11.9 Å². The molecule has 2 aliphatic heterocycles. The second-order valence-electron chi connectivity index (χ2n) is 22.9. The standard InChI is InChI=1S/2C30H30Cl2F2N4O3S/c2*1-29(2,3)12-23-30(14-35,19-9-8-16(31)10-21(19)33)24(18-6-5-7-20(32)25(18)34)26(38-23)27(39)37-22(28(40)41-4)11-17-13-42-15-36-17/h2*5-10,13,15,22-24,26,38H,11-12H2,1-4H3,(H,37,39)/t22-,23+,24+,26-,30+;22-,23-,24-,26+,30-/m00/s1. The van der Waals surface area contributed by atoms with Crippen LogP contribution in [0.25, 0.3) is 0 Å². The number of amides is 2. The Hall–Kier alpha value is -6.20. The highest BCUT2D eigenvalue weighted by atomic mass is 35.5. The lowest BCUT2D eigenvalue weighted by Crippen LogP contribution is -2.51. The Morgan fingerprint density at radius 1 is 0.631 bits per heavy atom. The fourth-order valence-corrected chi connectivity index (χ4v) is 13.2. The minimum atomic E-state index is -1.79. The molecule has 2 amide bonds. The van der Waals surface area contributed by atoms with Crippen molar-refractivity contribution in [1.29, 1.82) is 10.5 Å². The molecule has 444 valence electrons. The fraction of sp³-hybridized carbons (Fsp3) is 0.400. The minimum Gasteiger partial charge on any atom is -0.467 e. The van der Waals surface area contributed by atoms with Crippen LogP contribution in [0.2, 0.25) is 20.1 Å². The Bertz CT molecular complexity index is 3240. The van der Waals surface area contributed by atoms with Gasteiger partial charge in [-0.1, -0.05) is 124 Å². The molecule has 84 heavy (non-hydrogen) atoms. The van der Waals surface area contributed by atoms with Gasteiger partial charge in [-0.15, -0.1) is 22.7 Å². The van der Waals surface area contributed by atoms with E-state index in [1.807, 2.05) is 41.5 Å². The van der Waals surface area contributed by atoms with E-state index in [-0.39, 0.29) is 55.2 Å². The van der Waals surface area contributed by atoms with Crippen molar-refractivity contribution in [2.45, 2.75) is 126 Å². The van der Waals surface area contributed by atoms with E-state index >= 15 is 17.6 Å². The Labute approximate surface area is 512 Å². The zero-order valence-corrected chi connectivity index (χ0v) is 51.4. The van der Waals surface area contributed by atoms with Crippen LogP contribution >= 0.6 is 69.1 Å². The third kappa shape index (κ3) is 14.0. The predicted molar refractivity (Wildman–Crippen MR) is 315 cm³/mol. The molecule has 2 fully saturated rings. The monoisotopic (exact) mass is 1270 g/mol. The van der Waals surface area contributed by atoms with Crippen molar-refractivity contribution in [3.05, 3.63) is 172 Å². The summed E-state index contributed by atoms with van der Waals surface area (Å²) in [6, 6.07) is 14.6. The maximum atomic E-state index is 15.8.